The zero-order chi connectivity index (χ0) is 14.8. The van der Waals surface area contributed by atoms with Crippen molar-refractivity contribution in [3.63, 3.8) is 0 Å². The Bertz CT molecular complexity index is 296. The molecule has 2 nitrogen and oxygen atoms in total. The van der Waals surface area contributed by atoms with Crippen molar-refractivity contribution in [3.8, 4) is 0 Å². The Balaban J connectivity index is 2.00. The van der Waals surface area contributed by atoms with E-state index in [9.17, 15) is 5.11 Å². The summed E-state index contributed by atoms with van der Waals surface area (Å²) < 4.78 is 0. The van der Waals surface area contributed by atoms with Crippen molar-refractivity contribution in [2.45, 2.75) is 96.7 Å². The summed E-state index contributed by atoms with van der Waals surface area (Å²) in [7, 11) is 2.27. The third kappa shape index (κ3) is 3.57. The van der Waals surface area contributed by atoms with Gasteiger partial charge in [-0.1, -0.05) is 46.5 Å². The van der Waals surface area contributed by atoms with Crippen LogP contribution < -0.4 is 0 Å². The maximum atomic E-state index is 10.5. The largest absolute Gasteiger partial charge is 0.391 e. The lowest BCUT2D eigenvalue weighted by Gasteiger charge is -2.47. The van der Waals surface area contributed by atoms with E-state index >= 15 is 0 Å². The quantitative estimate of drug-likeness (QED) is 0.834. The van der Waals surface area contributed by atoms with Crippen molar-refractivity contribution in [1.29, 1.82) is 0 Å². The van der Waals surface area contributed by atoms with Crippen molar-refractivity contribution < 1.29 is 5.11 Å². The maximum Gasteiger partial charge on any atom is 0.0695 e. The van der Waals surface area contributed by atoms with Crippen molar-refractivity contribution in [2.24, 2.45) is 11.3 Å². The minimum atomic E-state index is -0.106. The summed E-state index contributed by atoms with van der Waals surface area (Å²) >= 11 is 0. The van der Waals surface area contributed by atoms with Crippen LogP contribution >= 0.6 is 0 Å². The minimum Gasteiger partial charge on any atom is -0.391 e. The van der Waals surface area contributed by atoms with Gasteiger partial charge in [0.15, 0.2) is 0 Å². The van der Waals surface area contributed by atoms with Gasteiger partial charge in [-0.25, -0.2) is 0 Å². The van der Waals surface area contributed by atoms with Crippen molar-refractivity contribution in [2.75, 3.05) is 7.05 Å². The summed E-state index contributed by atoms with van der Waals surface area (Å²) in [5.41, 5.74) is 0.422. The van der Waals surface area contributed by atoms with Crippen LogP contribution in [0.15, 0.2) is 0 Å². The molecule has 0 saturated heterocycles. The lowest BCUT2D eigenvalue weighted by molar-refractivity contribution is -0.0309. The molecule has 0 aromatic rings. The molecule has 118 valence electrons. The molecule has 0 amide bonds. The summed E-state index contributed by atoms with van der Waals surface area (Å²) in [4.78, 5) is 2.54. The predicted octanol–water partition coefficient (Wildman–Crippen LogP) is 4.22. The minimum absolute atomic E-state index is 0.106. The average Bonchev–Trinajstić information content (AvgIpc) is 2.47. The first-order valence-electron chi connectivity index (χ1n) is 8.85. The molecule has 0 aromatic heterocycles. The number of hydrogen-bond acceptors (Lipinski definition) is 2. The van der Waals surface area contributed by atoms with Gasteiger partial charge in [0.05, 0.1) is 6.10 Å². The topological polar surface area (TPSA) is 23.5 Å². The van der Waals surface area contributed by atoms with E-state index in [4.69, 9.17) is 0 Å². The van der Waals surface area contributed by atoms with E-state index in [0.29, 0.717) is 17.5 Å². The smallest absolute Gasteiger partial charge is 0.0695 e. The fraction of sp³-hybridized carbons (Fsp3) is 1.00. The summed E-state index contributed by atoms with van der Waals surface area (Å²) in [6.45, 7) is 7.13. The Kier molecular flexibility index (Phi) is 5.53. The molecule has 1 N–H and O–H groups in total. The first-order chi connectivity index (χ1) is 9.45. The predicted molar refractivity (Wildman–Crippen MR) is 85.8 cm³/mol. The highest BCUT2D eigenvalue weighted by atomic mass is 16.3. The monoisotopic (exact) mass is 281 g/mol. The van der Waals surface area contributed by atoms with Gasteiger partial charge in [0, 0.05) is 12.1 Å². The third-order valence-electron chi connectivity index (χ3n) is 6.47. The van der Waals surface area contributed by atoms with Gasteiger partial charge in [-0.05, 0) is 50.5 Å². The highest BCUT2D eigenvalue weighted by Gasteiger charge is 2.39. The molecule has 2 heteroatoms. The summed E-state index contributed by atoms with van der Waals surface area (Å²) in [6.07, 6.45) is 11.4. The Labute approximate surface area is 125 Å². The van der Waals surface area contributed by atoms with Crippen LogP contribution in [0.25, 0.3) is 0 Å². The van der Waals surface area contributed by atoms with Crippen LogP contribution in [0.5, 0.6) is 0 Å². The molecule has 3 atom stereocenters. The molecule has 0 spiro atoms. The zero-order valence-corrected chi connectivity index (χ0v) is 14.1. The van der Waals surface area contributed by atoms with Gasteiger partial charge >= 0.3 is 0 Å². The van der Waals surface area contributed by atoms with Gasteiger partial charge in [0.25, 0.3) is 0 Å². The molecule has 2 fully saturated rings. The molecule has 2 aliphatic carbocycles. The molecule has 20 heavy (non-hydrogen) atoms. The molecule has 0 radical (unpaired) electrons. The highest BCUT2D eigenvalue weighted by molar-refractivity contribution is 4.93. The number of likely N-dealkylation sites (N-methyl/N-ethyl adjacent to an activating group) is 1. The Morgan fingerprint density at radius 3 is 2.30 bits per heavy atom. The van der Waals surface area contributed by atoms with E-state index in [-0.39, 0.29) is 6.10 Å². The SMILES string of the molecule is CCC(C)(C)C1CCC(O)C(N(C)C2CCCCC2)C1. The second-order valence-corrected chi connectivity index (χ2v) is 7.94. The van der Waals surface area contributed by atoms with E-state index in [2.05, 4.69) is 32.7 Å². The van der Waals surface area contributed by atoms with Gasteiger partial charge in [-0.15, -0.1) is 0 Å². The number of rotatable bonds is 4. The first kappa shape index (κ1) is 16.3. The van der Waals surface area contributed by atoms with Crippen LogP contribution in [-0.2, 0) is 0 Å². The number of aliphatic hydroxyl groups is 1. The van der Waals surface area contributed by atoms with Crippen LogP contribution in [0.2, 0.25) is 0 Å². The van der Waals surface area contributed by atoms with Gasteiger partial charge < -0.3 is 5.11 Å². The Morgan fingerprint density at radius 1 is 1.05 bits per heavy atom. The molecule has 0 heterocycles. The molecule has 2 saturated carbocycles. The number of hydrogen-bond donors (Lipinski definition) is 1. The van der Waals surface area contributed by atoms with Crippen LogP contribution in [0, 0.1) is 11.3 Å². The molecule has 3 unspecified atom stereocenters. The number of nitrogens with zero attached hydrogens (tertiary/aromatic N) is 1. The zero-order valence-electron chi connectivity index (χ0n) is 14.1. The molecule has 2 aliphatic rings. The second-order valence-electron chi connectivity index (χ2n) is 7.94. The summed E-state index contributed by atoms with van der Waals surface area (Å²) in [6, 6.07) is 1.11. The highest BCUT2D eigenvalue weighted by Crippen LogP contribution is 2.42. The maximum absolute atomic E-state index is 10.5. The second kappa shape index (κ2) is 6.79. The van der Waals surface area contributed by atoms with Gasteiger partial charge in [-0.3, -0.25) is 4.90 Å². The van der Waals surface area contributed by atoms with Gasteiger partial charge in [-0.2, -0.15) is 0 Å². The Hall–Kier alpha value is -0.0800. The molecule has 0 aromatic carbocycles. The molecule has 0 bridgehead atoms. The van der Waals surface area contributed by atoms with Crippen molar-refractivity contribution in [3.05, 3.63) is 0 Å². The standard InChI is InChI=1S/C18H35NO/c1-5-18(2,3)14-11-12-17(20)16(13-14)19(4)15-9-7-6-8-10-15/h14-17,20H,5-13H2,1-4H3. The van der Waals surface area contributed by atoms with Crippen LogP contribution in [0.3, 0.4) is 0 Å². The summed E-state index contributed by atoms with van der Waals surface area (Å²) in [5, 5.41) is 10.5. The van der Waals surface area contributed by atoms with Crippen molar-refractivity contribution >= 4 is 0 Å². The fourth-order valence-electron chi connectivity index (χ4n) is 4.33. The average molecular weight is 281 g/mol. The van der Waals surface area contributed by atoms with E-state index < -0.39 is 0 Å². The number of aliphatic hydroxyl groups excluding tert-OH is 1. The lowest BCUT2D eigenvalue weighted by atomic mass is 9.67. The Morgan fingerprint density at radius 2 is 1.70 bits per heavy atom. The van der Waals surface area contributed by atoms with Crippen LogP contribution in [0.4, 0.5) is 0 Å². The van der Waals surface area contributed by atoms with E-state index in [1.165, 1.54) is 51.4 Å². The fourth-order valence-corrected chi connectivity index (χ4v) is 4.33. The first-order valence-corrected chi connectivity index (χ1v) is 8.85. The van der Waals surface area contributed by atoms with E-state index in [1.807, 2.05) is 0 Å². The normalized spacial score (nSPS) is 33.6. The lowest BCUT2D eigenvalue weighted by Crippen LogP contribution is -2.51. The van der Waals surface area contributed by atoms with Gasteiger partial charge in [0.1, 0.15) is 0 Å². The third-order valence-corrected chi connectivity index (χ3v) is 6.47. The molecular weight excluding hydrogens is 246 g/mol. The van der Waals surface area contributed by atoms with E-state index in [1.54, 1.807) is 0 Å². The van der Waals surface area contributed by atoms with Crippen molar-refractivity contribution in [1.82, 2.24) is 4.90 Å². The van der Waals surface area contributed by atoms with E-state index in [0.717, 1.165) is 12.3 Å². The van der Waals surface area contributed by atoms with Crippen LogP contribution in [0.1, 0.15) is 78.6 Å². The molecule has 0 aliphatic heterocycles. The van der Waals surface area contributed by atoms with Crippen LogP contribution in [-0.4, -0.2) is 35.2 Å². The molecule has 2 rings (SSSR count). The summed E-state index contributed by atoms with van der Waals surface area (Å²) in [5.74, 6) is 0.770. The molecular formula is C18H35NO. The van der Waals surface area contributed by atoms with Gasteiger partial charge in [0.2, 0.25) is 0 Å².